The summed E-state index contributed by atoms with van der Waals surface area (Å²) in [7, 11) is 0. The molecule has 14 heavy (non-hydrogen) atoms. The van der Waals surface area contributed by atoms with Gasteiger partial charge in [-0.15, -0.1) is 0 Å². The molecule has 0 atom stereocenters. The van der Waals surface area contributed by atoms with Gasteiger partial charge >= 0.3 is 0 Å². The molecule has 0 aromatic carbocycles. The number of hydrogen-bond donors (Lipinski definition) is 2. The van der Waals surface area contributed by atoms with Crippen LogP contribution in [0.2, 0.25) is 0 Å². The summed E-state index contributed by atoms with van der Waals surface area (Å²) in [6.07, 6.45) is 1.36. The molecule has 0 saturated heterocycles. The van der Waals surface area contributed by atoms with E-state index in [9.17, 15) is 4.79 Å². The third-order valence-corrected chi connectivity index (χ3v) is 1.94. The van der Waals surface area contributed by atoms with E-state index >= 15 is 0 Å². The number of carbonyl (C=O) groups excluding carboxylic acids is 1. The average Bonchev–Trinajstić information content (AvgIpc) is 1.78. The van der Waals surface area contributed by atoms with Crippen LogP contribution in [0.25, 0.3) is 0 Å². The van der Waals surface area contributed by atoms with Gasteiger partial charge in [0.25, 0.3) is 0 Å². The molecular formula is C11H24N2O. The molecule has 0 aliphatic carbocycles. The minimum Gasteiger partial charge on any atom is -0.351 e. The quantitative estimate of drug-likeness (QED) is 0.725. The molecule has 0 aliphatic rings. The summed E-state index contributed by atoms with van der Waals surface area (Å²) in [5.74, 6) is 0.107. The lowest BCUT2D eigenvalue weighted by molar-refractivity contribution is -0.124. The van der Waals surface area contributed by atoms with Gasteiger partial charge in [-0.3, -0.25) is 4.79 Å². The molecule has 1 amide bonds. The molecule has 0 radical (unpaired) electrons. The van der Waals surface area contributed by atoms with Crippen LogP contribution in [-0.4, -0.2) is 18.0 Å². The first-order chi connectivity index (χ1) is 6.16. The largest absolute Gasteiger partial charge is 0.351 e. The molecule has 3 N–H and O–H groups in total. The monoisotopic (exact) mass is 200 g/mol. The normalized spacial score (nSPS) is 12.7. The van der Waals surface area contributed by atoms with Crippen molar-refractivity contribution in [2.24, 2.45) is 11.1 Å². The molecule has 0 heterocycles. The minimum absolute atomic E-state index is 0.0445. The fourth-order valence-electron chi connectivity index (χ4n) is 1.33. The van der Waals surface area contributed by atoms with Crippen LogP contribution in [0.4, 0.5) is 0 Å². The van der Waals surface area contributed by atoms with Crippen molar-refractivity contribution in [2.45, 2.75) is 53.0 Å². The van der Waals surface area contributed by atoms with Crippen LogP contribution in [0, 0.1) is 5.41 Å². The molecule has 0 fully saturated rings. The van der Waals surface area contributed by atoms with Gasteiger partial charge in [0.05, 0.1) is 0 Å². The maximum atomic E-state index is 11.6. The van der Waals surface area contributed by atoms with Crippen LogP contribution in [0.15, 0.2) is 0 Å². The van der Waals surface area contributed by atoms with Gasteiger partial charge < -0.3 is 11.1 Å². The van der Waals surface area contributed by atoms with E-state index in [0.717, 1.165) is 6.42 Å². The van der Waals surface area contributed by atoms with E-state index in [1.54, 1.807) is 0 Å². The van der Waals surface area contributed by atoms with Gasteiger partial charge in [0.2, 0.25) is 5.91 Å². The number of nitrogens with two attached hydrogens (primary N) is 1. The zero-order chi connectivity index (χ0) is 11.4. The van der Waals surface area contributed by atoms with Crippen molar-refractivity contribution in [1.29, 1.82) is 0 Å². The van der Waals surface area contributed by atoms with E-state index in [-0.39, 0.29) is 16.9 Å². The second kappa shape index (κ2) is 4.78. The zero-order valence-electron chi connectivity index (χ0n) is 10.1. The molecule has 84 valence electrons. The number of amides is 1. The second-order valence-electron chi connectivity index (χ2n) is 5.71. The lowest BCUT2D eigenvalue weighted by Gasteiger charge is -2.27. The Morgan fingerprint density at radius 1 is 1.21 bits per heavy atom. The number of carbonyl (C=O) groups is 1. The summed E-state index contributed by atoms with van der Waals surface area (Å²) in [4.78, 5) is 11.6. The predicted octanol–water partition coefficient (Wildman–Crippen LogP) is 1.67. The summed E-state index contributed by atoms with van der Waals surface area (Å²) in [5, 5.41) is 2.99. The Hall–Kier alpha value is -0.570. The summed E-state index contributed by atoms with van der Waals surface area (Å²) in [5.41, 5.74) is 5.33. The molecular weight excluding hydrogens is 176 g/mol. The van der Waals surface area contributed by atoms with E-state index < -0.39 is 0 Å². The van der Waals surface area contributed by atoms with Crippen LogP contribution in [-0.2, 0) is 4.79 Å². The maximum absolute atomic E-state index is 11.6. The predicted molar refractivity (Wildman–Crippen MR) is 60.0 cm³/mol. The molecule has 0 aromatic heterocycles. The first kappa shape index (κ1) is 13.4. The number of rotatable bonds is 4. The lowest BCUT2D eigenvalue weighted by Crippen LogP contribution is -2.45. The van der Waals surface area contributed by atoms with Gasteiger partial charge in [-0.25, -0.2) is 0 Å². The third kappa shape index (κ3) is 6.89. The molecule has 0 rings (SSSR count). The summed E-state index contributed by atoms with van der Waals surface area (Å²) >= 11 is 0. The topological polar surface area (TPSA) is 55.1 Å². The zero-order valence-corrected chi connectivity index (χ0v) is 10.1. The highest BCUT2D eigenvalue weighted by atomic mass is 16.1. The van der Waals surface area contributed by atoms with Crippen molar-refractivity contribution in [2.75, 3.05) is 6.54 Å². The average molecular weight is 200 g/mol. The smallest absolute Gasteiger partial charge is 0.220 e. The van der Waals surface area contributed by atoms with Crippen LogP contribution in [0.5, 0.6) is 0 Å². The van der Waals surface area contributed by atoms with E-state index in [0.29, 0.717) is 13.0 Å². The van der Waals surface area contributed by atoms with Crippen LogP contribution < -0.4 is 11.1 Å². The molecule has 0 spiro atoms. The first-order valence-corrected chi connectivity index (χ1v) is 5.17. The van der Waals surface area contributed by atoms with E-state index in [1.807, 2.05) is 13.8 Å². The van der Waals surface area contributed by atoms with Gasteiger partial charge in [0.15, 0.2) is 0 Å². The van der Waals surface area contributed by atoms with E-state index in [2.05, 4.69) is 26.1 Å². The van der Waals surface area contributed by atoms with Crippen molar-refractivity contribution in [3.05, 3.63) is 0 Å². The van der Waals surface area contributed by atoms with Gasteiger partial charge in [0, 0.05) is 12.0 Å². The molecule has 0 saturated carbocycles. The van der Waals surface area contributed by atoms with Crippen LogP contribution in [0.1, 0.15) is 47.5 Å². The Morgan fingerprint density at radius 3 is 2.07 bits per heavy atom. The van der Waals surface area contributed by atoms with Gasteiger partial charge in [0.1, 0.15) is 0 Å². The Labute approximate surface area is 87.4 Å². The highest BCUT2D eigenvalue weighted by molar-refractivity contribution is 5.77. The van der Waals surface area contributed by atoms with Gasteiger partial charge in [-0.1, -0.05) is 20.8 Å². The van der Waals surface area contributed by atoms with E-state index in [4.69, 9.17) is 5.73 Å². The second-order valence-corrected chi connectivity index (χ2v) is 5.71. The standard InChI is InChI=1S/C11H24N2O/c1-10(2,3)8-9(14)13-11(4,5)6-7-12/h6-8,12H2,1-5H3,(H,13,14). The Bertz CT molecular complexity index is 192. The molecule has 0 bridgehead atoms. The van der Waals surface area contributed by atoms with Gasteiger partial charge in [-0.2, -0.15) is 0 Å². The Balaban J connectivity index is 4.06. The lowest BCUT2D eigenvalue weighted by atomic mass is 9.91. The SMILES string of the molecule is CC(C)(C)CC(=O)NC(C)(C)CCN. The number of nitrogens with one attached hydrogen (secondary N) is 1. The summed E-state index contributed by atoms with van der Waals surface area (Å²) < 4.78 is 0. The maximum Gasteiger partial charge on any atom is 0.220 e. The van der Waals surface area contributed by atoms with Crippen molar-refractivity contribution in [3.63, 3.8) is 0 Å². The van der Waals surface area contributed by atoms with Crippen molar-refractivity contribution < 1.29 is 4.79 Å². The summed E-state index contributed by atoms with van der Waals surface area (Å²) in [6.45, 7) is 10.8. The van der Waals surface area contributed by atoms with Crippen LogP contribution >= 0.6 is 0 Å². The van der Waals surface area contributed by atoms with Crippen LogP contribution in [0.3, 0.4) is 0 Å². The molecule has 0 aliphatic heterocycles. The third-order valence-electron chi connectivity index (χ3n) is 1.94. The Kier molecular flexibility index (Phi) is 4.59. The highest BCUT2D eigenvalue weighted by Crippen LogP contribution is 2.19. The molecule has 3 heteroatoms. The fraction of sp³-hybridized carbons (Fsp3) is 0.909. The van der Waals surface area contributed by atoms with Crippen molar-refractivity contribution in [3.8, 4) is 0 Å². The molecule has 0 aromatic rings. The molecule has 0 unspecified atom stereocenters. The summed E-state index contributed by atoms with van der Waals surface area (Å²) in [6, 6.07) is 0. The first-order valence-electron chi connectivity index (χ1n) is 5.17. The number of hydrogen-bond acceptors (Lipinski definition) is 2. The molecule has 3 nitrogen and oxygen atoms in total. The van der Waals surface area contributed by atoms with Crippen molar-refractivity contribution in [1.82, 2.24) is 5.32 Å². The highest BCUT2D eigenvalue weighted by Gasteiger charge is 2.22. The minimum atomic E-state index is -0.183. The Morgan fingerprint density at radius 2 is 1.71 bits per heavy atom. The van der Waals surface area contributed by atoms with E-state index in [1.165, 1.54) is 0 Å². The van der Waals surface area contributed by atoms with Crippen molar-refractivity contribution >= 4 is 5.91 Å². The van der Waals surface area contributed by atoms with Gasteiger partial charge in [-0.05, 0) is 32.2 Å². The fourth-order valence-corrected chi connectivity index (χ4v) is 1.33.